The van der Waals surface area contributed by atoms with Crippen LogP contribution in [0.3, 0.4) is 0 Å². The Bertz CT molecular complexity index is 817. The number of nitrogens with one attached hydrogen (secondary N) is 1. The van der Waals surface area contributed by atoms with Crippen molar-refractivity contribution >= 4 is 17.2 Å². The number of H-pyrrole nitrogens is 1. The van der Waals surface area contributed by atoms with Gasteiger partial charge in [0, 0.05) is 27.7 Å². The molecule has 1 aromatic heterocycles. The quantitative estimate of drug-likeness (QED) is 0.698. The number of hydrogen-bond acceptors (Lipinski definition) is 2. The number of aromatic amines is 1. The maximum atomic E-state index is 11.4. The summed E-state index contributed by atoms with van der Waals surface area (Å²) in [5.41, 5.74) is 4.91. The Morgan fingerprint density at radius 2 is 2.00 bits per heavy atom. The number of aromatic nitrogens is 1. The van der Waals surface area contributed by atoms with E-state index in [1.807, 2.05) is 30.3 Å². The molecule has 3 nitrogen and oxygen atoms in total. The molecule has 0 radical (unpaired) electrons. The van der Waals surface area contributed by atoms with Crippen molar-refractivity contribution in [3.8, 4) is 17.0 Å². The van der Waals surface area contributed by atoms with E-state index in [9.17, 15) is 4.79 Å². The number of rotatable bonds is 5. The molecule has 3 heteroatoms. The van der Waals surface area contributed by atoms with Crippen molar-refractivity contribution in [2.45, 2.75) is 19.8 Å². The number of methoxy groups -OCH3 is 1. The minimum absolute atomic E-state index is 0.707. The largest absolute Gasteiger partial charge is 0.497 e. The normalized spacial score (nSPS) is 10.8. The summed E-state index contributed by atoms with van der Waals surface area (Å²) in [5.74, 6) is 0.827. The van der Waals surface area contributed by atoms with Gasteiger partial charge >= 0.3 is 0 Å². The summed E-state index contributed by atoms with van der Waals surface area (Å²) < 4.78 is 5.26. The van der Waals surface area contributed by atoms with Gasteiger partial charge in [0.15, 0.2) is 6.29 Å². The molecule has 0 unspecified atom stereocenters. The van der Waals surface area contributed by atoms with E-state index >= 15 is 0 Å². The lowest BCUT2D eigenvalue weighted by Crippen LogP contribution is -1.91. The van der Waals surface area contributed by atoms with Gasteiger partial charge in [-0.05, 0) is 42.3 Å². The fourth-order valence-electron chi connectivity index (χ4n) is 2.77. The Hall–Kier alpha value is -2.55. The predicted molar refractivity (Wildman–Crippen MR) is 89.7 cm³/mol. The highest BCUT2D eigenvalue weighted by Crippen LogP contribution is 2.29. The topological polar surface area (TPSA) is 42.1 Å². The molecule has 22 heavy (non-hydrogen) atoms. The van der Waals surface area contributed by atoms with Crippen LogP contribution in [0.25, 0.3) is 22.2 Å². The van der Waals surface area contributed by atoms with Crippen molar-refractivity contribution < 1.29 is 9.53 Å². The molecule has 112 valence electrons. The lowest BCUT2D eigenvalue weighted by Gasteiger charge is -2.06. The monoisotopic (exact) mass is 293 g/mol. The van der Waals surface area contributed by atoms with E-state index in [1.54, 1.807) is 7.11 Å². The van der Waals surface area contributed by atoms with Crippen molar-refractivity contribution in [3.05, 3.63) is 53.6 Å². The Morgan fingerprint density at radius 3 is 2.73 bits per heavy atom. The van der Waals surface area contributed by atoms with Crippen LogP contribution in [0.5, 0.6) is 5.75 Å². The fourth-order valence-corrected chi connectivity index (χ4v) is 2.77. The van der Waals surface area contributed by atoms with Crippen LogP contribution in [0.4, 0.5) is 0 Å². The Morgan fingerprint density at radius 1 is 1.14 bits per heavy atom. The van der Waals surface area contributed by atoms with Gasteiger partial charge in [0.1, 0.15) is 5.75 Å². The molecular weight excluding hydrogens is 274 g/mol. The third-order valence-corrected chi connectivity index (χ3v) is 3.90. The summed E-state index contributed by atoms with van der Waals surface area (Å²) in [5, 5.41) is 1.08. The molecule has 0 aliphatic heterocycles. The van der Waals surface area contributed by atoms with Crippen LogP contribution < -0.4 is 4.74 Å². The molecule has 0 bridgehead atoms. The molecule has 0 saturated heterocycles. The SMILES string of the molecule is CCCc1ccc(C=O)c(-c2cc3cc(OC)ccc3[nH]2)c1. The van der Waals surface area contributed by atoms with Crippen molar-refractivity contribution in [2.75, 3.05) is 7.11 Å². The van der Waals surface area contributed by atoms with E-state index in [4.69, 9.17) is 4.74 Å². The molecule has 2 aromatic carbocycles. The summed E-state index contributed by atoms with van der Waals surface area (Å²) in [7, 11) is 1.66. The van der Waals surface area contributed by atoms with Crippen LogP contribution in [0.15, 0.2) is 42.5 Å². The van der Waals surface area contributed by atoms with Gasteiger partial charge in [-0.15, -0.1) is 0 Å². The minimum atomic E-state index is 0.707. The summed E-state index contributed by atoms with van der Waals surface area (Å²) in [6, 6.07) is 14.0. The number of fused-ring (bicyclic) bond motifs is 1. The molecule has 0 fully saturated rings. The van der Waals surface area contributed by atoms with Crippen LogP contribution in [-0.2, 0) is 6.42 Å². The second kappa shape index (κ2) is 6.06. The number of carbonyl (C=O) groups excluding carboxylic acids is 1. The predicted octanol–water partition coefficient (Wildman–Crippen LogP) is 4.61. The van der Waals surface area contributed by atoms with E-state index in [-0.39, 0.29) is 0 Å². The number of carbonyl (C=O) groups is 1. The molecule has 0 aliphatic rings. The van der Waals surface area contributed by atoms with Crippen molar-refractivity contribution in [3.63, 3.8) is 0 Å². The van der Waals surface area contributed by atoms with Gasteiger partial charge in [0.2, 0.25) is 0 Å². The Balaban J connectivity index is 2.12. The third-order valence-electron chi connectivity index (χ3n) is 3.90. The maximum absolute atomic E-state index is 11.4. The van der Waals surface area contributed by atoms with Crippen LogP contribution in [-0.4, -0.2) is 18.4 Å². The minimum Gasteiger partial charge on any atom is -0.497 e. The highest BCUT2D eigenvalue weighted by molar-refractivity contribution is 5.92. The van der Waals surface area contributed by atoms with Crippen molar-refractivity contribution in [1.29, 1.82) is 0 Å². The van der Waals surface area contributed by atoms with Gasteiger partial charge in [-0.1, -0.05) is 25.5 Å². The smallest absolute Gasteiger partial charge is 0.150 e. The van der Waals surface area contributed by atoms with Crippen LogP contribution in [0.2, 0.25) is 0 Å². The molecule has 0 amide bonds. The second-order valence-corrected chi connectivity index (χ2v) is 5.43. The summed E-state index contributed by atoms with van der Waals surface area (Å²) in [4.78, 5) is 14.7. The second-order valence-electron chi connectivity index (χ2n) is 5.43. The highest BCUT2D eigenvalue weighted by atomic mass is 16.5. The lowest BCUT2D eigenvalue weighted by atomic mass is 10.00. The van der Waals surface area contributed by atoms with Crippen molar-refractivity contribution in [2.24, 2.45) is 0 Å². The number of ether oxygens (including phenoxy) is 1. The van der Waals surface area contributed by atoms with Gasteiger partial charge in [0.25, 0.3) is 0 Å². The molecule has 0 saturated carbocycles. The standard InChI is InChI=1S/C19H19NO2/c1-3-4-13-5-6-14(12-21)17(9-13)19-11-15-10-16(22-2)7-8-18(15)20-19/h5-12,20H,3-4H2,1-2H3. The zero-order valence-electron chi connectivity index (χ0n) is 12.8. The zero-order chi connectivity index (χ0) is 15.5. The molecule has 3 rings (SSSR count). The summed E-state index contributed by atoms with van der Waals surface area (Å²) in [6.07, 6.45) is 3.01. The van der Waals surface area contributed by atoms with E-state index in [2.05, 4.69) is 24.0 Å². The lowest BCUT2D eigenvalue weighted by molar-refractivity contribution is 0.112. The Kier molecular flexibility index (Phi) is 3.96. The average molecular weight is 293 g/mol. The first-order valence-electron chi connectivity index (χ1n) is 7.50. The maximum Gasteiger partial charge on any atom is 0.150 e. The zero-order valence-corrected chi connectivity index (χ0v) is 12.8. The Labute approximate surface area is 129 Å². The molecular formula is C19H19NO2. The molecule has 0 aliphatic carbocycles. The van der Waals surface area contributed by atoms with Crippen molar-refractivity contribution in [1.82, 2.24) is 4.98 Å². The molecule has 0 spiro atoms. The number of aldehydes is 1. The van der Waals surface area contributed by atoms with E-state index in [0.717, 1.165) is 47.0 Å². The van der Waals surface area contributed by atoms with Gasteiger partial charge in [0.05, 0.1) is 7.11 Å². The molecule has 1 heterocycles. The van der Waals surface area contributed by atoms with Crippen LogP contribution in [0.1, 0.15) is 29.3 Å². The average Bonchev–Trinajstić information content (AvgIpc) is 2.97. The van der Waals surface area contributed by atoms with Gasteiger partial charge in [-0.25, -0.2) is 0 Å². The first kappa shape index (κ1) is 14.4. The summed E-state index contributed by atoms with van der Waals surface area (Å²) in [6.45, 7) is 2.16. The molecule has 3 aromatic rings. The molecule has 1 N–H and O–H groups in total. The van der Waals surface area contributed by atoms with Gasteiger partial charge in [-0.2, -0.15) is 0 Å². The molecule has 0 atom stereocenters. The fraction of sp³-hybridized carbons (Fsp3) is 0.211. The van der Waals surface area contributed by atoms with Crippen LogP contribution in [0, 0.1) is 0 Å². The van der Waals surface area contributed by atoms with E-state index < -0.39 is 0 Å². The van der Waals surface area contributed by atoms with E-state index in [0.29, 0.717) is 5.56 Å². The first-order chi connectivity index (χ1) is 10.7. The summed E-state index contributed by atoms with van der Waals surface area (Å²) >= 11 is 0. The van der Waals surface area contributed by atoms with Crippen LogP contribution >= 0.6 is 0 Å². The van der Waals surface area contributed by atoms with E-state index in [1.165, 1.54) is 5.56 Å². The number of benzene rings is 2. The number of hydrogen-bond donors (Lipinski definition) is 1. The highest BCUT2D eigenvalue weighted by Gasteiger charge is 2.10. The number of aryl methyl sites for hydroxylation is 1. The van der Waals surface area contributed by atoms with Gasteiger partial charge in [-0.3, -0.25) is 4.79 Å². The third kappa shape index (κ3) is 2.62. The first-order valence-corrected chi connectivity index (χ1v) is 7.50. The van der Waals surface area contributed by atoms with Gasteiger partial charge < -0.3 is 9.72 Å².